The molecule has 0 radical (unpaired) electrons. The minimum Gasteiger partial charge on any atom is -0.481 e. The highest BCUT2D eigenvalue weighted by Crippen LogP contribution is 2.16. The summed E-state index contributed by atoms with van der Waals surface area (Å²) in [4.78, 5) is 56.2. The summed E-state index contributed by atoms with van der Waals surface area (Å²) in [5.41, 5.74) is 6.56. The molecule has 1 atom stereocenters. The first-order chi connectivity index (χ1) is 15.2. The fourth-order valence-electron chi connectivity index (χ4n) is 2.91. The van der Waals surface area contributed by atoms with Gasteiger partial charge >= 0.3 is 11.9 Å². The number of carbonyl (C=O) groups is 3. The molecule has 166 valence electrons. The van der Waals surface area contributed by atoms with Crippen molar-refractivity contribution >= 4 is 46.2 Å². The number of carboxylic acid groups (broad SMARTS) is 2. The second kappa shape index (κ2) is 9.80. The third-order valence-electron chi connectivity index (χ3n) is 4.45. The molecule has 0 unspecified atom stereocenters. The van der Waals surface area contributed by atoms with Gasteiger partial charge in [0.15, 0.2) is 0 Å². The first-order valence-electron chi connectivity index (χ1n) is 9.44. The van der Waals surface area contributed by atoms with E-state index in [9.17, 15) is 24.3 Å². The summed E-state index contributed by atoms with van der Waals surface area (Å²) in [5.74, 6) is 2.79. The fourth-order valence-corrected chi connectivity index (χ4v) is 3.67. The van der Waals surface area contributed by atoms with E-state index in [0.29, 0.717) is 28.8 Å². The Bertz CT molecular complexity index is 1300. The summed E-state index contributed by atoms with van der Waals surface area (Å²) in [5, 5.41) is 22.3. The number of aliphatic carboxylic acids is 2. The second-order valence-electron chi connectivity index (χ2n) is 6.77. The number of aromatic amines is 2. The van der Waals surface area contributed by atoms with Crippen molar-refractivity contribution in [1.82, 2.24) is 20.3 Å². The number of hydrogen-bond acceptors (Lipinski definition) is 7. The number of nitrogen functional groups attached to an aromatic ring is 1. The van der Waals surface area contributed by atoms with Crippen LogP contribution >= 0.6 is 11.3 Å². The van der Waals surface area contributed by atoms with Crippen molar-refractivity contribution in [1.29, 1.82) is 0 Å². The van der Waals surface area contributed by atoms with Gasteiger partial charge in [-0.05, 0) is 30.4 Å². The molecule has 0 spiro atoms. The molecule has 3 aromatic heterocycles. The first kappa shape index (κ1) is 22.6. The van der Waals surface area contributed by atoms with Gasteiger partial charge in [-0.1, -0.05) is 11.8 Å². The van der Waals surface area contributed by atoms with Crippen LogP contribution in [0, 0.1) is 11.8 Å². The minimum atomic E-state index is -1.31. The molecule has 0 aliphatic carbocycles. The van der Waals surface area contributed by atoms with Gasteiger partial charge < -0.3 is 26.2 Å². The fraction of sp³-hybridized carbons (Fsp3) is 0.250. The number of nitrogens with two attached hydrogens (primary N) is 1. The highest BCUT2D eigenvalue weighted by Gasteiger charge is 2.23. The van der Waals surface area contributed by atoms with Crippen LogP contribution in [0.1, 0.15) is 40.2 Å². The normalized spacial score (nSPS) is 11.5. The van der Waals surface area contributed by atoms with Crippen LogP contribution in [0.5, 0.6) is 0 Å². The second-order valence-corrected chi connectivity index (χ2v) is 7.69. The molecule has 11 nitrogen and oxygen atoms in total. The summed E-state index contributed by atoms with van der Waals surface area (Å²) >= 11 is 1.23. The number of anilines is 1. The van der Waals surface area contributed by atoms with E-state index in [1.165, 1.54) is 17.4 Å². The Balaban J connectivity index is 1.64. The number of rotatable bonds is 8. The van der Waals surface area contributed by atoms with Crippen LogP contribution in [-0.2, 0) is 16.0 Å². The molecule has 0 aromatic carbocycles. The van der Waals surface area contributed by atoms with Gasteiger partial charge in [-0.15, -0.1) is 11.3 Å². The zero-order valence-electron chi connectivity index (χ0n) is 16.6. The molecule has 0 fully saturated rings. The number of fused-ring (bicyclic) bond motifs is 1. The van der Waals surface area contributed by atoms with Crippen LogP contribution in [0.4, 0.5) is 5.95 Å². The number of nitrogens with zero attached hydrogens (tertiary/aromatic N) is 1. The minimum absolute atomic E-state index is 0.0206. The molecular formula is C20H19N5O6S. The lowest BCUT2D eigenvalue weighted by molar-refractivity contribution is -0.140. The predicted octanol–water partition coefficient (Wildman–Crippen LogP) is 0.927. The molecular weight excluding hydrogens is 438 g/mol. The van der Waals surface area contributed by atoms with Gasteiger partial charge in [0, 0.05) is 18.5 Å². The van der Waals surface area contributed by atoms with Crippen LogP contribution in [0.15, 0.2) is 22.3 Å². The van der Waals surface area contributed by atoms with Gasteiger partial charge in [0.2, 0.25) is 5.95 Å². The van der Waals surface area contributed by atoms with Crippen molar-refractivity contribution in [2.75, 3.05) is 5.73 Å². The van der Waals surface area contributed by atoms with E-state index < -0.39 is 23.9 Å². The number of amides is 1. The average Bonchev–Trinajstić information content (AvgIpc) is 3.34. The average molecular weight is 457 g/mol. The Morgan fingerprint density at radius 1 is 1.28 bits per heavy atom. The van der Waals surface area contributed by atoms with Gasteiger partial charge in [0.1, 0.15) is 11.7 Å². The first-order valence-corrected chi connectivity index (χ1v) is 10.3. The molecule has 0 saturated carbocycles. The van der Waals surface area contributed by atoms with Crippen LogP contribution in [0.3, 0.4) is 0 Å². The molecule has 3 rings (SSSR count). The van der Waals surface area contributed by atoms with E-state index in [-0.39, 0.29) is 29.9 Å². The SMILES string of the molecule is Nc1nc2[nH]c(CCC#Cc3sccc3C(=O)N[C@@H](CCC(=O)O)C(=O)O)cc2c(=O)[nH]1. The van der Waals surface area contributed by atoms with Crippen molar-refractivity contribution in [2.45, 2.75) is 31.7 Å². The summed E-state index contributed by atoms with van der Waals surface area (Å²) in [7, 11) is 0. The summed E-state index contributed by atoms with van der Waals surface area (Å²) < 4.78 is 0. The van der Waals surface area contributed by atoms with Gasteiger partial charge in [-0.3, -0.25) is 19.4 Å². The largest absolute Gasteiger partial charge is 0.481 e. The number of aromatic nitrogens is 3. The topological polar surface area (TPSA) is 191 Å². The Kier molecular flexibility index (Phi) is 6.91. The van der Waals surface area contributed by atoms with E-state index >= 15 is 0 Å². The Morgan fingerprint density at radius 3 is 2.78 bits per heavy atom. The van der Waals surface area contributed by atoms with Crippen molar-refractivity contribution < 1.29 is 24.6 Å². The standard InChI is InChI=1S/C20H19N5O6S/c21-20-24-16-12(18(29)25-20)9-10(22-16)3-1-2-4-14-11(7-8-32-14)17(28)23-13(19(30)31)5-6-15(26)27/h7-9,13H,1,3,5-6H2,(H,23,28)(H,26,27)(H,30,31)(H4,21,22,24,25,29)/t13-/m0/s1. The number of hydrogen-bond donors (Lipinski definition) is 6. The molecule has 0 aliphatic rings. The highest BCUT2D eigenvalue weighted by atomic mass is 32.1. The lowest BCUT2D eigenvalue weighted by Gasteiger charge is -2.13. The molecule has 3 aromatic rings. The van der Waals surface area contributed by atoms with Gasteiger partial charge in [-0.25, -0.2) is 4.79 Å². The summed E-state index contributed by atoms with van der Waals surface area (Å²) in [6.45, 7) is 0. The highest BCUT2D eigenvalue weighted by molar-refractivity contribution is 7.10. The number of H-pyrrole nitrogens is 2. The maximum absolute atomic E-state index is 12.5. The van der Waals surface area contributed by atoms with E-state index in [4.69, 9.17) is 10.8 Å². The van der Waals surface area contributed by atoms with Crippen molar-refractivity contribution in [2.24, 2.45) is 0 Å². The van der Waals surface area contributed by atoms with Gasteiger partial charge in [0.25, 0.3) is 11.5 Å². The molecule has 1 amide bonds. The molecule has 12 heteroatoms. The Morgan fingerprint density at radius 2 is 2.06 bits per heavy atom. The third kappa shape index (κ3) is 5.52. The van der Waals surface area contributed by atoms with Crippen LogP contribution in [0.25, 0.3) is 11.0 Å². The Hall–Kier alpha value is -4.11. The van der Waals surface area contributed by atoms with Crippen LogP contribution < -0.4 is 16.6 Å². The smallest absolute Gasteiger partial charge is 0.326 e. The zero-order valence-corrected chi connectivity index (χ0v) is 17.4. The van der Waals surface area contributed by atoms with Crippen LogP contribution in [0.2, 0.25) is 0 Å². The van der Waals surface area contributed by atoms with E-state index in [1.54, 1.807) is 11.4 Å². The Labute approximate surface area is 184 Å². The maximum Gasteiger partial charge on any atom is 0.326 e. The van der Waals surface area contributed by atoms with Crippen molar-refractivity contribution in [3.05, 3.63) is 44.0 Å². The third-order valence-corrected chi connectivity index (χ3v) is 5.28. The molecule has 32 heavy (non-hydrogen) atoms. The lowest BCUT2D eigenvalue weighted by Crippen LogP contribution is -2.41. The molecule has 7 N–H and O–H groups in total. The predicted molar refractivity (Wildman–Crippen MR) is 116 cm³/mol. The van der Waals surface area contributed by atoms with Crippen molar-refractivity contribution in [3.63, 3.8) is 0 Å². The van der Waals surface area contributed by atoms with Crippen LogP contribution in [-0.4, -0.2) is 49.1 Å². The van der Waals surface area contributed by atoms with Crippen molar-refractivity contribution in [3.8, 4) is 11.8 Å². The number of nitrogens with one attached hydrogen (secondary N) is 3. The van der Waals surface area contributed by atoms with Gasteiger partial charge in [-0.2, -0.15) is 4.98 Å². The molecule has 3 heterocycles. The van der Waals surface area contributed by atoms with E-state index in [1.807, 2.05) is 0 Å². The summed E-state index contributed by atoms with van der Waals surface area (Å²) in [6, 6.07) is 1.89. The number of thiophene rings is 1. The number of carbonyl (C=O) groups excluding carboxylic acids is 1. The molecule has 0 aliphatic heterocycles. The monoisotopic (exact) mass is 457 g/mol. The summed E-state index contributed by atoms with van der Waals surface area (Å²) in [6.07, 6.45) is 0.325. The molecule has 0 saturated heterocycles. The lowest BCUT2D eigenvalue weighted by atomic mass is 10.1. The molecule has 0 bridgehead atoms. The zero-order chi connectivity index (χ0) is 23.3. The van der Waals surface area contributed by atoms with Gasteiger partial charge in [0.05, 0.1) is 15.8 Å². The van der Waals surface area contributed by atoms with E-state index in [2.05, 4.69) is 32.1 Å². The number of aryl methyl sites for hydroxylation is 1. The maximum atomic E-state index is 12.5. The number of carboxylic acids is 2. The quantitative estimate of drug-likeness (QED) is 0.269. The van der Waals surface area contributed by atoms with E-state index in [0.717, 1.165) is 5.69 Å².